The van der Waals surface area contributed by atoms with Crippen LogP contribution in [-0.4, -0.2) is 37.8 Å². The van der Waals surface area contributed by atoms with Crippen LogP contribution in [-0.2, 0) is 7.05 Å². The maximum Gasteiger partial charge on any atom is 0.255 e. The quantitative estimate of drug-likeness (QED) is 0.697. The first-order valence-corrected chi connectivity index (χ1v) is 9.72. The van der Waals surface area contributed by atoms with Crippen molar-refractivity contribution in [3.8, 4) is 0 Å². The minimum absolute atomic E-state index is 0.0140. The third kappa shape index (κ3) is 2.76. The summed E-state index contributed by atoms with van der Waals surface area (Å²) in [5.41, 5.74) is 2.77. The lowest BCUT2D eigenvalue weighted by Gasteiger charge is -2.32. The highest BCUT2D eigenvalue weighted by atomic mass is 32.1. The topological polar surface area (TPSA) is 59.6 Å². The predicted molar refractivity (Wildman–Crippen MR) is 102 cm³/mol. The third-order valence-electron chi connectivity index (χ3n) is 5.15. The van der Waals surface area contributed by atoms with Crippen molar-refractivity contribution in [2.45, 2.75) is 32.6 Å². The summed E-state index contributed by atoms with van der Waals surface area (Å²) in [4.78, 5) is 32.4. The van der Waals surface area contributed by atoms with E-state index >= 15 is 0 Å². The van der Waals surface area contributed by atoms with E-state index in [9.17, 15) is 9.59 Å². The number of hydrogen-bond acceptors (Lipinski definition) is 4. The van der Waals surface area contributed by atoms with Crippen LogP contribution in [0.4, 0.5) is 0 Å². The average molecular weight is 370 g/mol. The van der Waals surface area contributed by atoms with Crippen LogP contribution in [0, 0.1) is 13.8 Å². The maximum atomic E-state index is 12.9. The molecule has 3 aromatic rings. The first kappa shape index (κ1) is 17.0. The molecule has 1 fully saturated rings. The molecular weight excluding hydrogens is 348 g/mol. The van der Waals surface area contributed by atoms with E-state index in [4.69, 9.17) is 4.98 Å². The molecule has 1 amide bonds. The molecular formula is C19H22N4O2S. The average Bonchev–Trinajstić information content (AvgIpc) is 3.18. The van der Waals surface area contributed by atoms with Gasteiger partial charge in [0.2, 0.25) is 5.56 Å². The van der Waals surface area contributed by atoms with E-state index in [1.165, 1.54) is 21.2 Å². The summed E-state index contributed by atoms with van der Waals surface area (Å²) >= 11 is 1.72. The second-order valence-corrected chi connectivity index (χ2v) is 7.88. The van der Waals surface area contributed by atoms with Crippen LogP contribution in [0.5, 0.6) is 0 Å². The zero-order valence-corrected chi connectivity index (χ0v) is 16.0. The normalized spacial score (nSPS) is 17.8. The van der Waals surface area contributed by atoms with Gasteiger partial charge in [-0.05, 0) is 32.8 Å². The molecule has 4 rings (SSSR count). The molecule has 1 saturated heterocycles. The smallest absolute Gasteiger partial charge is 0.255 e. The summed E-state index contributed by atoms with van der Waals surface area (Å²) in [6.07, 6.45) is 3.63. The second kappa shape index (κ2) is 6.39. The molecule has 0 radical (unpaired) electrons. The number of aryl methyl sites for hydroxylation is 3. The number of aromatic nitrogens is 3. The maximum absolute atomic E-state index is 12.9. The molecule has 26 heavy (non-hydrogen) atoms. The van der Waals surface area contributed by atoms with Crippen LogP contribution in [0.15, 0.2) is 28.5 Å². The fourth-order valence-corrected chi connectivity index (χ4v) is 4.91. The summed E-state index contributed by atoms with van der Waals surface area (Å²) in [6, 6.07) is 3.07. The summed E-state index contributed by atoms with van der Waals surface area (Å²) < 4.78 is 3.65. The van der Waals surface area contributed by atoms with Gasteiger partial charge in [-0.25, -0.2) is 4.98 Å². The van der Waals surface area contributed by atoms with Crippen LogP contribution in [0.1, 0.15) is 46.3 Å². The molecule has 1 aliphatic heterocycles. The SMILES string of the molecule is Cc1csc2c([C@H]3CCCN(C(=O)c4ccc(=O)n(C)c4)C3)nc(C)n12. The summed E-state index contributed by atoms with van der Waals surface area (Å²) in [7, 11) is 1.67. The Morgan fingerprint density at radius 2 is 2.12 bits per heavy atom. The van der Waals surface area contributed by atoms with Crippen molar-refractivity contribution in [2.24, 2.45) is 7.05 Å². The van der Waals surface area contributed by atoms with Crippen molar-refractivity contribution in [1.82, 2.24) is 18.9 Å². The number of amides is 1. The van der Waals surface area contributed by atoms with E-state index in [1.54, 1.807) is 30.6 Å². The molecule has 6 nitrogen and oxygen atoms in total. The Morgan fingerprint density at radius 1 is 1.31 bits per heavy atom. The van der Waals surface area contributed by atoms with Crippen LogP contribution in [0.2, 0.25) is 0 Å². The number of nitrogens with zero attached hydrogens (tertiary/aromatic N) is 4. The van der Waals surface area contributed by atoms with Gasteiger partial charge in [-0.2, -0.15) is 0 Å². The number of fused-ring (bicyclic) bond motifs is 1. The van der Waals surface area contributed by atoms with Gasteiger partial charge < -0.3 is 9.47 Å². The van der Waals surface area contributed by atoms with Crippen molar-refractivity contribution < 1.29 is 4.79 Å². The zero-order valence-electron chi connectivity index (χ0n) is 15.2. The molecule has 136 valence electrons. The first-order valence-electron chi connectivity index (χ1n) is 8.84. The molecule has 4 heterocycles. The lowest BCUT2D eigenvalue weighted by Crippen LogP contribution is -2.39. The predicted octanol–water partition coefficient (Wildman–Crippen LogP) is 2.73. The number of pyridine rings is 1. The van der Waals surface area contributed by atoms with E-state index in [0.717, 1.165) is 30.9 Å². The van der Waals surface area contributed by atoms with Crippen LogP contribution >= 0.6 is 11.3 Å². The monoisotopic (exact) mass is 370 g/mol. The van der Waals surface area contributed by atoms with E-state index in [1.807, 2.05) is 11.8 Å². The summed E-state index contributed by atoms with van der Waals surface area (Å²) in [5, 5.41) is 2.16. The number of carbonyl (C=O) groups excluding carboxylic acids is 1. The molecule has 0 bridgehead atoms. The Kier molecular flexibility index (Phi) is 4.19. The number of imidazole rings is 1. The summed E-state index contributed by atoms with van der Waals surface area (Å²) in [5.74, 6) is 1.25. The number of likely N-dealkylation sites (tertiary alicyclic amines) is 1. The third-order valence-corrected chi connectivity index (χ3v) is 6.22. The molecule has 3 aromatic heterocycles. The molecule has 0 N–H and O–H groups in total. The number of hydrogen-bond donors (Lipinski definition) is 0. The largest absolute Gasteiger partial charge is 0.338 e. The highest BCUT2D eigenvalue weighted by molar-refractivity contribution is 7.15. The van der Waals surface area contributed by atoms with Crippen LogP contribution in [0.25, 0.3) is 4.83 Å². The Labute approximate surface area is 155 Å². The van der Waals surface area contributed by atoms with E-state index in [2.05, 4.69) is 16.7 Å². The van der Waals surface area contributed by atoms with E-state index in [0.29, 0.717) is 12.1 Å². The van der Waals surface area contributed by atoms with E-state index in [-0.39, 0.29) is 17.4 Å². The van der Waals surface area contributed by atoms with Gasteiger partial charge >= 0.3 is 0 Å². The number of piperidine rings is 1. The Balaban J connectivity index is 1.61. The minimum atomic E-state index is -0.109. The van der Waals surface area contributed by atoms with Crippen LogP contribution < -0.4 is 5.56 Å². The Bertz CT molecular complexity index is 1050. The van der Waals surface area contributed by atoms with Gasteiger partial charge in [-0.3, -0.25) is 14.0 Å². The highest BCUT2D eigenvalue weighted by Gasteiger charge is 2.29. The molecule has 0 saturated carbocycles. The van der Waals surface area contributed by atoms with Gasteiger partial charge in [0.25, 0.3) is 5.91 Å². The van der Waals surface area contributed by atoms with Crippen molar-refractivity contribution in [1.29, 1.82) is 0 Å². The van der Waals surface area contributed by atoms with Gasteiger partial charge in [-0.1, -0.05) is 0 Å². The number of thiazole rings is 1. The Hall–Kier alpha value is -2.41. The van der Waals surface area contributed by atoms with Crippen molar-refractivity contribution in [3.63, 3.8) is 0 Å². The number of rotatable bonds is 2. The van der Waals surface area contributed by atoms with Crippen LogP contribution in [0.3, 0.4) is 0 Å². The van der Waals surface area contributed by atoms with Gasteiger partial charge in [0.05, 0.1) is 11.3 Å². The van der Waals surface area contributed by atoms with Crippen molar-refractivity contribution in [2.75, 3.05) is 13.1 Å². The second-order valence-electron chi connectivity index (χ2n) is 7.02. The number of carbonyl (C=O) groups is 1. The lowest BCUT2D eigenvalue weighted by atomic mass is 9.95. The van der Waals surface area contributed by atoms with Gasteiger partial charge in [0.15, 0.2) is 0 Å². The zero-order chi connectivity index (χ0) is 18.4. The highest BCUT2D eigenvalue weighted by Crippen LogP contribution is 2.33. The summed E-state index contributed by atoms with van der Waals surface area (Å²) in [6.45, 7) is 5.55. The standard InChI is InChI=1S/C19H22N4O2S/c1-12-11-26-19-17(20-13(2)23(12)19)14-5-4-8-22(10-14)18(25)15-6-7-16(24)21(3)9-15/h6-7,9,11,14H,4-5,8,10H2,1-3H3/t14-/m0/s1. The Morgan fingerprint density at radius 3 is 2.88 bits per heavy atom. The lowest BCUT2D eigenvalue weighted by molar-refractivity contribution is 0.0705. The van der Waals surface area contributed by atoms with E-state index < -0.39 is 0 Å². The first-order chi connectivity index (χ1) is 12.5. The molecule has 0 aliphatic carbocycles. The molecule has 0 spiro atoms. The van der Waals surface area contributed by atoms with Gasteiger partial charge in [-0.15, -0.1) is 11.3 Å². The molecule has 0 aromatic carbocycles. The van der Waals surface area contributed by atoms with Gasteiger partial charge in [0, 0.05) is 49.4 Å². The van der Waals surface area contributed by atoms with Gasteiger partial charge in [0.1, 0.15) is 10.7 Å². The molecule has 1 aliphatic rings. The molecule has 1 atom stereocenters. The van der Waals surface area contributed by atoms with Crippen molar-refractivity contribution in [3.05, 3.63) is 56.8 Å². The fraction of sp³-hybridized carbons (Fsp3) is 0.421. The fourth-order valence-electron chi connectivity index (χ4n) is 3.81. The molecule has 7 heteroatoms. The molecule has 0 unspecified atom stereocenters. The minimum Gasteiger partial charge on any atom is -0.338 e. The van der Waals surface area contributed by atoms with Crippen molar-refractivity contribution >= 4 is 22.1 Å².